The lowest BCUT2D eigenvalue weighted by Gasteiger charge is -2.26. The van der Waals surface area contributed by atoms with Gasteiger partial charge in [0.1, 0.15) is 0 Å². The van der Waals surface area contributed by atoms with Crippen molar-refractivity contribution in [1.29, 1.82) is 0 Å². The van der Waals surface area contributed by atoms with E-state index in [0.717, 1.165) is 5.33 Å². The molecule has 0 saturated carbocycles. The molecule has 0 radical (unpaired) electrons. The summed E-state index contributed by atoms with van der Waals surface area (Å²) < 4.78 is 5.66. The molecule has 11 heavy (non-hydrogen) atoms. The number of rotatable bonds is 6. The minimum atomic E-state index is -1.27. The molecule has 0 atom stereocenters. The van der Waals surface area contributed by atoms with Crippen molar-refractivity contribution in [3.8, 4) is 0 Å². The molecule has 0 fully saturated rings. The topological polar surface area (TPSA) is 9.23 Å². The van der Waals surface area contributed by atoms with E-state index < -0.39 is 8.32 Å². The number of hydrogen-bond acceptors (Lipinski definition) is 1. The lowest BCUT2D eigenvalue weighted by Crippen LogP contribution is -2.35. The number of hydrogen-bond donors (Lipinski definition) is 0. The Labute approximate surface area is 79.8 Å². The van der Waals surface area contributed by atoms with Gasteiger partial charge in [-0.05, 0) is 24.6 Å². The lowest BCUT2D eigenvalue weighted by atomic mass is 10.6. The molecule has 0 aliphatic carbocycles. The van der Waals surface area contributed by atoms with Crippen LogP contribution in [0, 0.1) is 0 Å². The summed E-state index contributed by atoms with van der Waals surface area (Å²) in [6.45, 7) is 4.51. The van der Waals surface area contributed by atoms with Gasteiger partial charge in [-0.2, -0.15) is 0 Å². The van der Waals surface area contributed by atoms with Crippen LogP contribution in [0.5, 0.6) is 0 Å². The second kappa shape index (κ2) is 6.20. The Balaban J connectivity index is 3.84. The molecule has 0 unspecified atom stereocenters. The molecule has 0 N–H and O–H groups in total. The van der Waals surface area contributed by atoms with Crippen LogP contribution in [0.1, 0.15) is 20.3 Å². The quantitative estimate of drug-likeness (QED) is 0.510. The maximum absolute atomic E-state index is 5.66. The zero-order valence-electron chi connectivity index (χ0n) is 7.82. The van der Waals surface area contributed by atoms with Crippen molar-refractivity contribution in [2.24, 2.45) is 0 Å². The molecular formula is C8H19BrOSi. The van der Waals surface area contributed by atoms with E-state index in [1.807, 2.05) is 7.11 Å². The summed E-state index contributed by atoms with van der Waals surface area (Å²) in [5.74, 6) is 0. The standard InChI is InChI=1S/C8H19BrOSi/c1-4-11(5-2,10-3)8-6-7-9/h4-8H2,1-3H3. The summed E-state index contributed by atoms with van der Waals surface area (Å²) in [5, 5.41) is 1.12. The first-order valence-corrected chi connectivity index (χ1v) is 8.01. The first-order valence-electron chi connectivity index (χ1n) is 4.35. The average molecular weight is 239 g/mol. The first-order chi connectivity index (χ1) is 5.24. The molecule has 68 valence electrons. The molecule has 1 nitrogen and oxygen atoms in total. The van der Waals surface area contributed by atoms with Gasteiger partial charge >= 0.3 is 0 Å². The van der Waals surface area contributed by atoms with Crippen LogP contribution in [0.2, 0.25) is 18.1 Å². The number of halogens is 1. The molecule has 0 bridgehead atoms. The summed E-state index contributed by atoms with van der Waals surface area (Å²) in [6, 6.07) is 3.82. The molecular weight excluding hydrogens is 220 g/mol. The van der Waals surface area contributed by atoms with Gasteiger partial charge in [-0.1, -0.05) is 29.8 Å². The number of alkyl halides is 1. The fourth-order valence-corrected chi connectivity index (χ4v) is 4.99. The zero-order chi connectivity index (χ0) is 8.74. The lowest BCUT2D eigenvalue weighted by molar-refractivity contribution is 0.391. The highest BCUT2D eigenvalue weighted by Crippen LogP contribution is 2.22. The van der Waals surface area contributed by atoms with Gasteiger partial charge in [-0.3, -0.25) is 0 Å². The smallest absolute Gasteiger partial charge is 0.191 e. The van der Waals surface area contributed by atoms with Crippen molar-refractivity contribution in [2.45, 2.75) is 38.4 Å². The molecule has 0 aromatic heterocycles. The third-order valence-electron chi connectivity index (χ3n) is 2.49. The average Bonchev–Trinajstić information content (AvgIpc) is 2.08. The molecule has 0 rings (SSSR count). The van der Waals surface area contributed by atoms with Crippen LogP contribution in [-0.2, 0) is 4.43 Å². The maximum Gasteiger partial charge on any atom is 0.191 e. The molecule has 0 spiro atoms. The van der Waals surface area contributed by atoms with Crippen molar-refractivity contribution < 1.29 is 4.43 Å². The molecule has 0 heterocycles. The van der Waals surface area contributed by atoms with Crippen molar-refractivity contribution in [2.75, 3.05) is 12.4 Å². The van der Waals surface area contributed by atoms with Crippen molar-refractivity contribution in [3.63, 3.8) is 0 Å². The Kier molecular flexibility index (Phi) is 6.57. The molecule has 3 heteroatoms. The Morgan fingerprint density at radius 1 is 1.27 bits per heavy atom. The third kappa shape index (κ3) is 3.72. The van der Waals surface area contributed by atoms with Crippen LogP contribution in [-0.4, -0.2) is 20.8 Å². The summed E-state index contributed by atoms with van der Waals surface area (Å²) in [7, 11) is 0.614. The van der Waals surface area contributed by atoms with Gasteiger partial charge in [0.15, 0.2) is 8.32 Å². The fourth-order valence-electron chi connectivity index (χ4n) is 1.38. The highest BCUT2D eigenvalue weighted by Gasteiger charge is 2.28. The minimum Gasteiger partial charge on any atom is -0.420 e. The van der Waals surface area contributed by atoms with Gasteiger partial charge in [0, 0.05) is 12.4 Å². The summed E-state index contributed by atoms with van der Waals surface area (Å²) in [4.78, 5) is 0. The molecule has 0 saturated heterocycles. The Morgan fingerprint density at radius 3 is 2.09 bits per heavy atom. The monoisotopic (exact) mass is 238 g/mol. The molecule has 0 aromatic rings. The summed E-state index contributed by atoms with van der Waals surface area (Å²) >= 11 is 3.46. The van der Waals surface area contributed by atoms with Crippen LogP contribution < -0.4 is 0 Å². The van der Waals surface area contributed by atoms with Crippen molar-refractivity contribution >= 4 is 24.2 Å². The SMILES string of the molecule is CC[Si](CC)(CCCBr)OC. The fraction of sp³-hybridized carbons (Fsp3) is 1.00. The van der Waals surface area contributed by atoms with Crippen LogP contribution in [0.15, 0.2) is 0 Å². The van der Waals surface area contributed by atoms with Crippen LogP contribution in [0.25, 0.3) is 0 Å². The van der Waals surface area contributed by atoms with Gasteiger partial charge in [0.2, 0.25) is 0 Å². The van der Waals surface area contributed by atoms with Gasteiger partial charge in [-0.25, -0.2) is 0 Å². The van der Waals surface area contributed by atoms with Crippen LogP contribution in [0.4, 0.5) is 0 Å². The van der Waals surface area contributed by atoms with Crippen molar-refractivity contribution in [1.82, 2.24) is 0 Å². The molecule has 0 aromatic carbocycles. The minimum absolute atomic E-state index is 1.12. The Morgan fingerprint density at radius 2 is 1.82 bits per heavy atom. The normalized spacial score (nSPS) is 12.0. The predicted octanol–water partition coefficient (Wildman–Crippen LogP) is 3.40. The molecule has 0 aliphatic heterocycles. The second-order valence-electron chi connectivity index (χ2n) is 2.89. The highest BCUT2D eigenvalue weighted by molar-refractivity contribution is 9.09. The second-order valence-corrected chi connectivity index (χ2v) is 8.37. The van der Waals surface area contributed by atoms with Crippen LogP contribution >= 0.6 is 15.9 Å². The molecule has 0 aliphatic rings. The van der Waals surface area contributed by atoms with E-state index in [1.54, 1.807) is 0 Å². The third-order valence-corrected chi connectivity index (χ3v) is 7.76. The highest BCUT2D eigenvalue weighted by atomic mass is 79.9. The maximum atomic E-state index is 5.66. The summed E-state index contributed by atoms with van der Waals surface area (Å²) in [6.07, 6.45) is 1.27. The van der Waals surface area contributed by atoms with E-state index in [4.69, 9.17) is 4.43 Å². The van der Waals surface area contributed by atoms with E-state index in [9.17, 15) is 0 Å². The Bertz CT molecular complexity index is 85.8. The van der Waals surface area contributed by atoms with Gasteiger partial charge in [0.05, 0.1) is 0 Å². The summed E-state index contributed by atoms with van der Waals surface area (Å²) in [5.41, 5.74) is 0. The first kappa shape index (κ1) is 11.7. The molecule has 0 amide bonds. The van der Waals surface area contributed by atoms with Crippen LogP contribution in [0.3, 0.4) is 0 Å². The van der Waals surface area contributed by atoms with Gasteiger partial charge in [-0.15, -0.1) is 0 Å². The van der Waals surface area contributed by atoms with Gasteiger partial charge in [0.25, 0.3) is 0 Å². The van der Waals surface area contributed by atoms with E-state index in [0.29, 0.717) is 0 Å². The van der Waals surface area contributed by atoms with Gasteiger partial charge < -0.3 is 4.43 Å². The zero-order valence-corrected chi connectivity index (χ0v) is 10.4. The van der Waals surface area contributed by atoms with Crippen molar-refractivity contribution in [3.05, 3.63) is 0 Å². The van der Waals surface area contributed by atoms with E-state index >= 15 is 0 Å². The van der Waals surface area contributed by atoms with E-state index in [1.165, 1.54) is 24.6 Å². The largest absolute Gasteiger partial charge is 0.420 e. The predicted molar refractivity (Wildman–Crippen MR) is 56.9 cm³/mol. The van der Waals surface area contributed by atoms with E-state index in [2.05, 4.69) is 29.8 Å². The van der Waals surface area contributed by atoms with E-state index in [-0.39, 0.29) is 0 Å². The Hall–Kier alpha value is 0.657.